The average molecular weight is 366 g/mol. The lowest BCUT2D eigenvalue weighted by molar-refractivity contribution is 0.436. The molecular formula is C24H18N2O2. The fourth-order valence-corrected chi connectivity index (χ4v) is 3.39. The average Bonchev–Trinajstić information content (AvgIpc) is 2.75. The quantitative estimate of drug-likeness (QED) is 0.429. The van der Waals surface area contributed by atoms with Gasteiger partial charge in [0.1, 0.15) is 5.76 Å². The fourth-order valence-electron chi connectivity index (χ4n) is 3.39. The van der Waals surface area contributed by atoms with Crippen molar-refractivity contribution in [2.75, 3.05) is 10.6 Å². The van der Waals surface area contributed by atoms with Gasteiger partial charge in [0.05, 0.1) is 22.8 Å². The number of hydrogen-bond donors (Lipinski definition) is 2. The molecule has 0 aromatic heterocycles. The molecule has 2 aliphatic rings. The molecule has 4 heteroatoms. The van der Waals surface area contributed by atoms with Crippen molar-refractivity contribution in [2.24, 2.45) is 0 Å². The van der Waals surface area contributed by atoms with Gasteiger partial charge in [-0.3, -0.25) is 0 Å². The molecule has 0 bridgehead atoms. The van der Waals surface area contributed by atoms with Gasteiger partial charge in [0.15, 0.2) is 17.2 Å². The van der Waals surface area contributed by atoms with Crippen LogP contribution >= 0.6 is 0 Å². The first-order chi connectivity index (χ1) is 13.7. The molecule has 0 unspecified atom stereocenters. The second-order valence-corrected chi connectivity index (χ2v) is 6.56. The lowest BCUT2D eigenvalue weighted by Crippen LogP contribution is -2.11. The second-order valence-electron chi connectivity index (χ2n) is 6.56. The normalized spacial score (nSPS) is 13.6. The van der Waals surface area contributed by atoms with Crippen molar-refractivity contribution in [2.45, 2.75) is 0 Å². The SMILES string of the molecule is C=CC1=C(C=C)Oc2cc(-c3ccc4c(c3)Oc3ccccc3N4)ccc2N1. The Bertz CT molecular complexity index is 1160. The lowest BCUT2D eigenvalue weighted by Gasteiger charge is -2.23. The molecule has 0 fully saturated rings. The molecule has 0 amide bonds. The first-order valence-electron chi connectivity index (χ1n) is 9.01. The molecule has 0 radical (unpaired) electrons. The third-order valence-corrected chi connectivity index (χ3v) is 4.82. The Hall–Kier alpha value is -3.92. The van der Waals surface area contributed by atoms with Crippen LogP contribution in [0.1, 0.15) is 0 Å². The molecule has 3 aromatic carbocycles. The Morgan fingerprint density at radius 3 is 2.00 bits per heavy atom. The number of benzene rings is 3. The van der Waals surface area contributed by atoms with E-state index in [4.69, 9.17) is 9.47 Å². The van der Waals surface area contributed by atoms with E-state index in [1.807, 2.05) is 48.5 Å². The van der Waals surface area contributed by atoms with Crippen LogP contribution in [0.15, 0.2) is 97.4 Å². The van der Waals surface area contributed by atoms with Gasteiger partial charge in [-0.15, -0.1) is 0 Å². The first-order valence-corrected chi connectivity index (χ1v) is 9.01. The predicted molar refractivity (Wildman–Crippen MR) is 113 cm³/mol. The minimum atomic E-state index is 0.661. The van der Waals surface area contributed by atoms with Crippen LogP contribution in [0, 0.1) is 0 Å². The molecule has 136 valence electrons. The molecule has 2 heterocycles. The molecule has 2 N–H and O–H groups in total. The van der Waals surface area contributed by atoms with Gasteiger partial charge in [0.25, 0.3) is 0 Å². The third-order valence-electron chi connectivity index (χ3n) is 4.82. The molecule has 0 atom stereocenters. The number of allylic oxidation sites excluding steroid dienone is 2. The van der Waals surface area contributed by atoms with Crippen LogP contribution in [0.25, 0.3) is 11.1 Å². The standard InChI is InChI=1S/C24H18N2O2/c1-3-17-21(4-2)27-23-13-15(9-11-19(23)25-17)16-10-12-20-24(14-16)28-22-8-6-5-7-18(22)26-20/h3-14,25-26H,1-2H2. The highest BCUT2D eigenvalue weighted by Crippen LogP contribution is 2.44. The number of fused-ring (bicyclic) bond motifs is 3. The van der Waals surface area contributed by atoms with E-state index < -0.39 is 0 Å². The van der Waals surface area contributed by atoms with Gasteiger partial charge >= 0.3 is 0 Å². The highest BCUT2D eigenvalue weighted by molar-refractivity contribution is 5.81. The highest BCUT2D eigenvalue weighted by Gasteiger charge is 2.19. The maximum absolute atomic E-state index is 6.08. The maximum Gasteiger partial charge on any atom is 0.151 e. The summed E-state index contributed by atoms with van der Waals surface area (Å²) in [6.45, 7) is 7.62. The Morgan fingerprint density at radius 1 is 0.643 bits per heavy atom. The molecule has 28 heavy (non-hydrogen) atoms. The number of ether oxygens (including phenoxy) is 2. The number of hydrogen-bond acceptors (Lipinski definition) is 4. The summed E-state index contributed by atoms with van der Waals surface area (Å²) in [6.07, 6.45) is 3.40. The van der Waals surface area contributed by atoms with E-state index in [0.717, 1.165) is 51.1 Å². The van der Waals surface area contributed by atoms with Crippen molar-refractivity contribution in [3.63, 3.8) is 0 Å². The number of anilines is 3. The van der Waals surface area contributed by atoms with Gasteiger partial charge in [-0.05, 0) is 59.7 Å². The first kappa shape index (κ1) is 16.3. The van der Waals surface area contributed by atoms with Crippen LogP contribution in [0.2, 0.25) is 0 Å². The van der Waals surface area contributed by atoms with E-state index in [1.54, 1.807) is 12.2 Å². The molecule has 0 saturated carbocycles. The molecule has 0 aliphatic carbocycles. The van der Waals surface area contributed by atoms with Crippen molar-refractivity contribution in [3.05, 3.63) is 97.4 Å². The van der Waals surface area contributed by atoms with Gasteiger partial charge in [0.2, 0.25) is 0 Å². The zero-order valence-corrected chi connectivity index (χ0v) is 15.2. The van der Waals surface area contributed by atoms with Gasteiger partial charge < -0.3 is 20.1 Å². The van der Waals surface area contributed by atoms with Crippen molar-refractivity contribution in [3.8, 4) is 28.4 Å². The van der Waals surface area contributed by atoms with Crippen LogP contribution in [0.3, 0.4) is 0 Å². The summed E-state index contributed by atoms with van der Waals surface area (Å²) in [6, 6.07) is 20.1. The van der Waals surface area contributed by atoms with E-state index >= 15 is 0 Å². The van der Waals surface area contributed by atoms with Crippen LogP contribution in [0.5, 0.6) is 17.2 Å². The Morgan fingerprint density at radius 2 is 1.29 bits per heavy atom. The highest BCUT2D eigenvalue weighted by atomic mass is 16.5. The van der Waals surface area contributed by atoms with Crippen molar-refractivity contribution in [1.29, 1.82) is 0 Å². The zero-order chi connectivity index (χ0) is 19.1. The third kappa shape index (κ3) is 2.63. The summed E-state index contributed by atoms with van der Waals surface area (Å²) < 4.78 is 12.1. The topological polar surface area (TPSA) is 42.5 Å². The fraction of sp³-hybridized carbons (Fsp3) is 0. The Labute approximate surface area is 163 Å². The van der Waals surface area contributed by atoms with Crippen LogP contribution in [-0.2, 0) is 0 Å². The van der Waals surface area contributed by atoms with E-state index in [-0.39, 0.29) is 0 Å². The number of para-hydroxylation sites is 2. The van der Waals surface area contributed by atoms with Gasteiger partial charge in [-0.2, -0.15) is 0 Å². The summed E-state index contributed by atoms with van der Waals surface area (Å²) in [4.78, 5) is 0. The van der Waals surface area contributed by atoms with Crippen molar-refractivity contribution >= 4 is 17.1 Å². The predicted octanol–water partition coefficient (Wildman–Crippen LogP) is 6.59. The van der Waals surface area contributed by atoms with Crippen LogP contribution in [0.4, 0.5) is 17.1 Å². The number of rotatable bonds is 3. The van der Waals surface area contributed by atoms with Crippen molar-refractivity contribution < 1.29 is 9.47 Å². The van der Waals surface area contributed by atoms with E-state index in [0.29, 0.717) is 5.76 Å². The molecule has 2 aliphatic heterocycles. The summed E-state index contributed by atoms with van der Waals surface area (Å²) >= 11 is 0. The van der Waals surface area contributed by atoms with Crippen LogP contribution < -0.4 is 20.1 Å². The largest absolute Gasteiger partial charge is 0.453 e. The van der Waals surface area contributed by atoms with Gasteiger partial charge in [-0.1, -0.05) is 37.4 Å². The summed E-state index contributed by atoms with van der Waals surface area (Å²) in [5, 5.41) is 6.73. The Balaban J connectivity index is 1.50. The smallest absolute Gasteiger partial charge is 0.151 e. The summed E-state index contributed by atoms with van der Waals surface area (Å²) in [5.74, 6) is 3.03. The van der Waals surface area contributed by atoms with Gasteiger partial charge in [-0.25, -0.2) is 0 Å². The molecule has 4 nitrogen and oxygen atoms in total. The molecule has 3 aromatic rings. The monoisotopic (exact) mass is 366 g/mol. The molecule has 5 rings (SSSR count). The summed E-state index contributed by atoms with van der Waals surface area (Å²) in [5.41, 5.74) is 5.71. The number of nitrogens with one attached hydrogen (secondary N) is 2. The second kappa shape index (κ2) is 6.35. The van der Waals surface area contributed by atoms with E-state index in [2.05, 4.69) is 35.9 Å². The Kier molecular flexibility index (Phi) is 3.69. The van der Waals surface area contributed by atoms with E-state index in [9.17, 15) is 0 Å². The lowest BCUT2D eigenvalue weighted by atomic mass is 10.0. The minimum Gasteiger partial charge on any atom is -0.453 e. The molecule has 0 spiro atoms. The van der Waals surface area contributed by atoms with Crippen LogP contribution in [-0.4, -0.2) is 0 Å². The zero-order valence-electron chi connectivity index (χ0n) is 15.2. The summed E-state index contributed by atoms with van der Waals surface area (Å²) in [7, 11) is 0. The molecular weight excluding hydrogens is 348 g/mol. The molecule has 0 saturated heterocycles. The minimum absolute atomic E-state index is 0.661. The van der Waals surface area contributed by atoms with E-state index in [1.165, 1.54) is 0 Å². The van der Waals surface area contributed by atoms with Gasteiger partial charge in [0, 0.05) is 0 Å². The van der Waals surface area contributed by atoms with Crippen molar-refractivity contribution in [1.82, 2.24) is 0 Å². The maximum atomic E-state index is 6.08.